The molecule has 0 saturated carbocycles. The SMILES string of the molecule is Fc1c[c-]c(-c2nc3ccncc3n2-c2ccccc2)c2oc3ccccc3c12.[Ir].[c-]1ccccc1-c1ccccn1. The van der Waals surface area contributed by atoms with Gasteiger partial charge in [0, 0.05) is 49.4 Å². The van der Waals surface area contributed by atoms with Gasteiger partial charge in [0.1, 0.15) is 5.58 Å². The van der Waals surface area contributed by atoms with Crippen molar-refractivity contribution in [2.24, 2.45) is 0 Å². The van der Waals surface area contributed by atoms with Gasteiger partial charge in [0.15, 0.2) is 0 Å². The molecule has 0 spiro atoms. The van der Waals surface area contributed by atoms with Crippen LogP contribution in [0.3, 0.4) is 0 Å². The van der Waals surface area contributed by atoms with Crippen molar-refractivity contribution in [3.05, 3.63) is 146 Å². The molecule has 0 N–H and O–H groups in total. The molecule has 205 valence electrons. The van der Waals surface area contributed by atoms with E-state index in [1.165, 1.54) is 6.07 Å². The minimum Gasteiger partial charge on any atom is -0.500 e. The number of nitrogens with zero attached hydrogens (tertiary/aromatic N) is 4. The summed E-state index contributed by atoms with van der Waals surface area (Å²) in [5, 5.41) is 1.18. The number of furan rings is 1. The average molecular weight is 725 g/mol. The van der Waals surface area contributed by atoms with E-state index in [1.54, 1.807) is 18.6 Å². The van der Waals surface area contributed by atoms with E-state index in [-0.39, 0.29) is 25.9 Å². The second-order valence-corrected chi connectivity index (χ2v) is 9.28. The number of imidazole rings is 1. The molecular formula is C35H21FIrN4O-2. The Morgan fingerprint density at radius 1 is 0.786 bits per heavy atom. The molecule has 0 bridgehead atoms. The van der Waals surface area contributed by atoms with Crippen LogP contribution in [-0.4, -0.2) is 19.5 Å². The number of pyridine rings is 2. The fourth-order valence-electron chi connectivity index (χ4n) is 4.90. The van der Waals surface area contributed by atoms with Gasteiger partial charge in [-0.25, -0.2) is 0 Å². The van der Waals surface area contributed by atoms with Gasteiger partial charge in [-0.15, -0.1) is 48.0 Å². The third-order valence-electron chi connectivity index (χ3n) is 6.75. The van der Waals surface area contributed by atoms with Crippen LogP contribution in [0.5, 0.6) is 0 Å². The van der Waals surface area contributed by atoms with Gasteiger partial charge in [0.25, 0.3) is 0 Å². The predicted octanol–water partition coefficient (Wildman–Crippen LogP) is 8.47. The molecule has 0 aliphatic carbocycles. The quantitative estimate of drug-likeness (QED) is 0.172. The molecule has 0 saturated heterocycles. The van der Waals surface area contributed by atoms with Crippen LogP contribution in [0.1, 0.15) is 0 Å². The topological polar surface area (TPSA) is 56.7 Å². The molecule has 8 rings (SSSR count). The maximum Gasteiger partial charge on any atom is 0.121 e. The van der Waals surface area contributed by atoms with Gasteiger partial charge in [0.2, 0.25) is 0 Å². The van der Waals surface area contributed by atoms with Crippen molar-refractivity contribution in [1.29, 1.82) is 0 Å². The first kappa shape index (κ1) is 27.2. The van der Waals surface area contributed by atoms with E-state index in [1.807, 2.05) is 108 Å². The summed E-state index contributed by atoms with van der Waals surface area (Å²) in [6, 6.07) is 40.4. The van der Waals surface area contributed by atoms with Crippen LogP contribution in [0.15, 0.2) is 132 Å². The van der Waals surface area contributed by atoms with Crippen LogP contribution in [-0.2, 0) is 20.1 Å². The van der Waals surface area contributed by atoms with Crippen LogP contribution in [0.2, 0.25) is 0 Å². The summed E-state index contributed by atoms with van der Waals surface area (Å²) in [7, 11) is 0. The van der Waals surface area contributed by atoms with Gasteiger partial charge in [-0.05, 0) is 41.4 Å². The maximum atomic E-state index is 14.7. The molecule has 8 aromatic rings. The Bertz CT molecular complexity index is 2070. The number of rotatable bonds is 3. The summed E-state index contributed by atoms with van der Waals surface area (Å²) in [5.74, 6) is 0.265. The van der Waals surface area contributed by atoms with E-state index in [0.717, 1.165) is 33.4 Å². The standard InChI is InChI=1S/C24H13FN3O.C11H8N.Ir/c25-18-11-10-17(23-22(18)16-8-4-5-9-21(16)29-23)24-27-19-12-13-26-14-20(19)28(24)15-6-2-1-3-7-15;1-2-6-10(7-3-1)11-8-4-5-9-12-11;/h1-9,11-14H;1-6,8-9H;/q2*-1;. The van der Waals surface area contributed by atoms with Crippen LogP contribution in [0.25, 0.3) is 61.3 Å². The second-order valence-electron chi connectivity index (χ2n) is 9.28. The van der Waals surface area contributed by atoms with E-state index < -0.39 is 0 Å². The Kier molecular flexibility index (Phi) is 7.69. The normalized spacial score (nSPS) is 10.8. The minimum atomic E-state index is -0.363. The molecule has 0 amide bonds. The molecule has 5 nitrogen and oxygen atoms in total. The van der Waals surface area contributed by atoms with Crippen molar-refractivity contribution in [3.63, 3.8) is 0 Å². The van der Waals surface area contributed by atoms with Gasteiger partial charge in [-0.2, -0.15) is 0 Å². The zero-order valence-corrected chi connectivity index (χ0v) is 24.4. The zero-order valence-electron chi connectivity index (χ0n) is 22.0. The summed E-state index contributed by atoms with van der Waals surface area (Å²) in [6.45, 7) is 0. The van der Waals surface area contributed by atoms with Crippen LogP contribution < -0.4 is 0 Å². The first-order valence-electron chi connectivity index (χ1n) is 13.1. The Balaban J connectivity index is 0.000000205. The Hall–Kier alpha value is -4.97. The van der Waals surface area contributed by atoms with E-state index in [0.29, 0.717) is 27.9 Å². The summed E-state index contributed by atoms with van der Waals surface area (Å²) >= 11 is 0. The average Bonchev–Trinajstić information content (AvgIpc) is 3.63. The second kappa shape index (κ2) is 11.9. The fraction of sp³-hybridized carbons (Fsp3) is 0. The van der Waals surface area contributed by atoms with Crippen LogP contribution >= 0.6 is 0 Å². The molecule has 4 aromatic carbocycles. The van der Waals surface area contributed by atoms with Crippen LogP contribution in [0, 0.1) is 17.9 Å². The van der Waals surface area contributed by atoms with Gasteiger partial charge >= 0.3 is 0 Å². The van der Waals surface area contributed by atoms with Gasteiger partial charge < -0.3 is 14.0 Å². The Morgan fingerprint density at radius 2 is 1.60 bits per heavy atom. The molecule has 4 aromatic heterocycles. The molecule has 0 atom stereocenters. The molecule has 0 unspecified atom stereocenters. The summed E-state index contributed by atoms with van der Waals surface area (Å²) < 4.78 is 22.8. The summed E-state index contributed by atoms with van der Waals surface area (Å²) in [5.41, 5.74) is 6.27. The molecule has 1 radical (unpaired) electrons. The molecular weight excluding hydrogens is 704 g/mol. The van der Waals surface area contributed by atoms with Crippen molar-refractivity contribution in [3.8, 4) is 28.3 Å². The largest absolute Gasteiger partial charge is 0.500 e. The Labute approximate surface area is 254 Å². The number of aromatic nitrogens is 4. The van der Waals surface area contributed by atoms with Crippen molar-refractivity contribution < 1.29 is 28.9 Å². The monoisotopic (exact) mass is 725 g/mol. The number of benzene rings is 4. The molecule has 4 heterocycles. The molecule has 42 heavy (non-hydrogen) atoms. The van der Waals surface area contributed by atoms with Gasteiger partial charge in [0.05, 0.1) is 28.6 Å². The molecule has 0 fully saturated rings. The number of halogens is 1. The number of hydrogen-bond acceptors (Lipinski definition) is 4. The summed E-state index contributed by atoms with van der Waals surface area (Å²) in [6.07, 6.45) is 5.27. The van der Waals surface area contributed by atoms with E-state index in [2.05, 4.69) is 22.1 Å². The molecule has 0 aliphatic heterocycles. The zero-order chi connectivity index (χ0) is 27.6. The first-order valence-corrected chi connectivity index (χ1v) is 13.1. The van der Waals surface area contributed by atoms with Crippen molar-refractivity contribution in [2.75, 3.05) is 0 Å². The van der Waals surface area contributed by atoms with E-state index in [4.69, 9.17) is 9.40 Å². The molecule has 7 heteroatoms. The number of hydrogen-bond donors (Lipinski definition) is 0. The summed E-state index contributed by atoms with van der Waals surface area (Å²) in [4.78, 5) is 13.3. The van der Waals surface area contributed by atoms with Gasteiger partial charge in [-0.3, -0.25) is 14.4 Å². The van der Waals surface area contributed by atoms with Crippen molar-refractivity contribution in [1.82, 2.24) is 19.5 Å². The minimum absolute atomic E-state index is 0. The third kappa shape index (κ3) is 5.00. The van der Waals surface area contributed by atoms with Gasteiger partial charge in [-0.1, -0.05) is 54.1 Å². The number of fused-ring (bicyclic) bond motifs is 4. The Morgan fingerprint density at radius 3 is 2.40 bits per heavy atom. The molecule has 0 aliphatic rings. The van der Waals surface area contributed by atoms with Crippen molar-refractivity contribution in [2.45, 2.75) is 0 Å². The third-order valence-corrected chi connectivity index (χ3v) is 6.75. The van der Waals surface area contributed by atoms with E-state index in [9.17, 15) is 4.39 Å². The van der Waals surface area contributed by atoms with Crippen LogP contribution in [0.4, 0.5) is 4.39 Å². The fourth-order valence-corrected chi connectivity index (χ4v) is 4.90. The smallest absolute Gasteiger partial charge is 0.121 e. The van der Waals surface area contributed by atoms with Crippen molar-refractivity contribution >= 4 is 33.0 Å². The maximum absolute atomic E-state index is 14.7. The predicted molar refractivity (Wildman–Crippen MR) is 159 cm³/mol. The van der Waals surface area contributed by atoms with E-state index >= 15 is 0 Å². The first-order chi connectivity index (χ1) is 20.3. The number of para-hydroxylation sites is 2.